The second-order valence-corrected chi connectivity index (χ2v) is 6.17. The summed E-state index contributed by atoms with van der Waals surface area (Å²) in [5.41, 5.74) is 0.628. The Kier molecular flexibility index (Phi) is 4.15. The van der Waals surface area contributed by atoms with Gasteiger partial charge in [-0.05, 0) is 49.7 Å². The average molecular weight is 295 g/mol. The number of aryl methyl sites for hydroxylation is 1. The van der Waals surface area contributed by atoms with E-state index in [0.29, 0.717) is 17.1 Å². The Balaban J connectivity index is 2.27. The van der Waals surface area contributed by atoms with Crippen molar-refractivity contribution in [3.05, 3.63) is 47.9 Å². The van der Waals surface area contributed by atoms with Gasteiger partial charge in [-0.2, -0.15) is 0 Å². The van der Waals surface area contributed by atoms with Crippen LogP contribution in [0.25, 0.3) is 0 Å². The summed E-state index contributed by atoms with van der Waals surface area (Å²) in [5.74, 6) is 1.19. The van der Waals surface area contributed by atoms with Gasteiger partial charge in [0, 0.05) is 0 Å². The van der Waals surface area contributed by atoms with Crippen molar-refractivity contribution in [3.63, 3.8) is 0 Å². The van der Waals surface area contributed by atoms with Gasteiger partial charge in [0.1, 0.15) is 11.5 Å². The number of methoxy groups -OCH3 is 1. The number of hydrogen-bond acceptors (Lipinski definition) is 4. The van der Waals surface area contributed by atoms with E-state index in [1.165, 1.54) is 12.3 Å². The Hall–Kier alpha value is -1.79. The molecule has 1 heterocycles. The first-order valence-electron chi connectivity index (χ1n) is 6.14. The molecule has 0 fully saturated rings. The molecule has 0 aliphatic heterocycles. The summed E-state index contributed by atoms with van der Waals surface area (Å²) in [6.45, 7) is 3.46. The first-order chi connectivity index (χ1) is 9.44. The lowest BCUT2D eigenvalue weighted by Gasteiger charge is -2.14. The second-order valence-electron chi connectivity index (χ2n) is 4.49. The van der Waals surface area contributed by atoms with E-state index >= 15 is 0 Å². The van der Waals surface area contributed by atoms with Gasteiger partial charge in [-0.15, -0.1) is 0 Å². The highest BCUT2D eigenvalue weighted by molar-refractivity contribution is 7.89. The molecule has 0 saturated heterocycles. The van der Waals surface area contributed by atoms with Crippen LogP contribution in [0, 0.1) is 6.92 Å². The van der Waals surface area contributed by atoms with Crippen LogP contribution in [0.5, 0.6) is 5.75 Å². The quantitative estimate of drug-likeness (QED) is 0.920. The molecule has 2 aromatic rings. The number of benzene rings is 1. The number of rotatable bonds is 5. The molecular weight excluding hydrogens is 278 g/mol. The van der Waals surface area contributed by atoms with Crippen molar-refractivity contribution in [1.82, 2.24) is 4.72 Å². The van der Waals surface area contributed by atoms with Crippen LogP contribution in [0.3, 0.4) is 0 Å². The second kappa shape index (κ2) is 5.68. The molecule has 0 bridgehead atoms. The summed E-state index contributed by atoms with van der Waals surface area (Å²) in [4.78, 5) is 0.233. The summed E-state index contributed by atoms with van der Waals surface area (Å²) in [7, 11) is -2.06. The van der Waals surface area contributed by atoms with Crippen molar-refractivity contribution < 1.29 is 17.6 Å². The van der Waals surface area contributed by atoms with Gasteiger partial charge in [0.2, 0.25) is 10.0 Å². The molecule has 20 heavy (non-hydrogen) atoms. The van der Waals surface area contributed by atoms with Crippen molar-refractivity contribution in [1.29, 1.82) is 0 Å². The molecule has 1 atom stereocenters. The monoisotopic (exact) mass is 295 g/mol. The third-order valence-corrected chi connectivity index (χ3v) is 4.67. The first-order valence-corrected chi connectivity index (χ1v) is 7.63. The lowest BCUT2D eigenvalue weighted by atomic mass is 10.2. The Morgan fingerprint density at radius 3 is 2.60 bits per heavy atom. The van der Waals surface area contributed by atoms with E-state index in [0.717, 1.165) is 0 Å². The minimum Gasteiger partial charge on any atom is -0.497 e. The Morgan fingerprint density at radius 1 is 1.30 bits per heavy atom. The van der Waals surface area contributed by atoms with Gasteiger partial charge in [0.25, 0.3) is 0 Å². The van der Waals surface area contributed by atoms with E-state index in [1.807, 2.05) is 0 Å². The lowest BCUT2D eigenvalue weighted by molar-refractivity contribution is 0.414. The zero-order chi connectivity index (χ0) is 14.8. The molecule has 2 rings (SSSR count). The van der Waals surface area contributed by atoms with Crippen LogP contribution in [-0.4, -0.2) is 15.5 Å². The number of sulfonamides is 1. The molecule has 0 spiro atoms. The number of nitrogens with one attached hydrogen (secondary N) is 1. The van der Waals surface area contributed by atoms with Crippen LogP contribution in [0.15, 0.2) is 45.9 Å². The van der Waals surface area contributed by atoms with E-state index in [1.54, 1.807) is 45.2 Å². The van der Waals surface area contributed by atoms with Gasteiger partial charge in [0.15, 0.2) is 0 Å². The van der Waals surface area contributed by atoms with Crippen LogP contribution in [0.2, 0.25) is 0 Å². The molecule has 0 amide bonds. The molecular formula is C14H17NO4S. The molecule has 108 valence electrons. The first kappa shape index (κ1) is 14.6. The normalized spacial score (nSPS) is 13.2. The van der Waals surface area contributed by atoms with Gasteiger partial charge in [-0.25, -0.2) is 13.1 Å². The van der Waals surface area contributed by atoms with Gasteiger partial charge in [-0.3, -0.25) is 0 Å². The molecule has 0 aliphatic rings. The van der Waals surface area contributed by atoms with Crippen molar-refractivity contribution in [2.75, 3.05) is 7.11 Å². The zero-order valence-corrected chi connectivity index (χ0v) is 12.4. The standard InChI is InChI=1S/C14H17NO4S/c1-10-9-12(18-3)6-7-14(10)20(16,17)15-11(2)13-5-4-8-19-13/h4-9,11,15H,1-3H3. The predicted molar refractivity (Wildman–Crippen MR) is 75.2 cm³/mol. The molecule has 1 N–H and O–H groups in total. The fourth-order valence-electron chi connectivity index (χ4n) is 1.94. The molecule has 0 saturated carbocycles. The maximum atomic E-state index is 12.4. The van der Waals surface area contributed by atoms with E-state index in [-0.39, 0.29) is 4.90 Å². The summed E-state index contributed by atoms with van der Waals surface area (Å²) < 4.78 is 37.6. The highest BCUT2D eigenvalue weighted by Crippen LogP contribution is 2.23. The molecule has 0 aliphatic carbocycles. The van der Waals surface area contributed by atoms with Gasteiger partial charge >= 0.3 is 0 Å². The fourth-order valence-corrected chi connectivity index (χ4v) is 3.38. The van der Waals surface area contributed by atoms with E-state index in [2.05, 4.69) is 4.72 Å². The lowest BCUT2D eigenvalue weighted by Crippen LogP contribution is -2.27. The maximum Gasteiger partial charge on any atom is 0.241 e. The summed E-state index contributed by atoms with van der Waals surface area (Å²) >= 11 is 0. The largest absolute Gasteiger partial charge is 0.497 e. The highest BCUT2D eigenvalue weighted by atomic mass is 32.2. The molecule has 1 aromatic heterocycles. The van der Waals surface area contributed by atoms with Crippen LogP contribution in [0.1, 0.15) is 24.3 Å². The maximum absolute atomic E-state index is 12.4. The third kappa shape index (κ3) is 3.02. The molecule has 1 unspecified atom stereocenters. The van der Waals surface area contributed by atoms with Gasteiger partial charge < -0.3 is 9.15 Å². The van der Waals surface area contributed by atoms with Crippen LogP contribution >= 0.6 is 0 Å². The number of furan rings is 1. The minimum atomic E-state index is -3.61. The zero-order valence-electron chi connectivity index (χ0n) is 11.6. The van der Waals surface area contributed by atoms with Crippen molar-refractivity contribution >= 4 is 10.0 Å². The van der Waals surface area contributed by atoms with Crippen LogP contribution in [-0.2, 0) is 10.0 Å². The Labute approximate surface area is 118 Å². The molecule has 5 nitrogen and oxygen atoms in total. The molecule has 0 radical (unpaired) electrons. The Bertz CT molecular complexity index is 677. The van der Waals surface area contributed by atoms with E-state index in [4.69, 9.17) is 9.15 Å². The van der Waals surface area contributed by atoms with Gasteiger partial charge in [0.05, 0.1) is 24.3 Å². The molecule has 6 heteroatoms. The SMILES string of the molecule is COc1ccc(S(=O)(=O)NC(C)c2ccco2)c(C)c1. The smallest absolute Gasteiger partial charge is 0.241 e. The predicted octanol–water partition coefficient (Wildman–Crippen LogP) is 2.64. The topological polar surface area (TPSA) is 68.5 Å². The van der Waals surface area contributed by atoms with E-state index in [9.17, 15) is 8.42 Å². The number of ether oxygens (including phenoxy) is 1. The molecule has 1 aromatic carbocycles. The van der Waals surface area contributed by atoms with Crippen LogP contribution < -0.4 is 9.46 Å². The minimum absolute atomic E-state index is 0.233. The average Bonchev–Trinajstić information content (AvgIpc) is 2.91. The number of hydrogen-bond donors (Lipinski definition) is 1. The van der Waals surface area contributed by atoms with Crippen molar-refractivity contribution in [2.45, 2.75) is 24.8 Å². The summed E-state index contributed by atoms with van der Waals surface area (Å²) in [6.07, 6.45) is 1.51. The third-order valence-electron chi connectivity index (χ3n) is 2.97. The summed E-state index contributed by atoms with van der Waals surface area (Å²) in [5, 5.41) is 0. The van der Waals surface area contributed by atoms with Crippen molar-refractivity contribution in [2.24, 2.45) is 0 Å². The van der Waals surface area contributed by atoms with Gasteiger partial charge in [-0.1, -0.05) is 0 Å². The van der Waals surface area contributed by atoms with Crippen molar-refractivity contribution in [3.8, 4) is 5.75 Å². The Morgan fingerprint density at radius 2 is 2.05 bits per heavy atom. The van der Waals surface area contributed by atoms with E-state index < -0.39 is 16.1 Å². The van der Waals surface area contributed by atoms with Crippen LogP contribution in [0.4, 0.5) is 0 Å². The fraction of sp³-hybridized carbons (Fsp3) is 0.286. The summed E-state index contributed by atoms with van der Waals surface area (Å²) in [6, 6.07) is 7.86. The highest BCUT2D eigenvalue weighted by Gasteiger charge is 2.21.